The first-order chi connectivity index (χ1) is 9.02. The van der Waals surface area contributed by atoms with Crippen molar-refractivity contribution in [1.82, 2.24) is 14.7 Å². The van der Waals surface area contributed by atoms with Crippen molar-refractivity contribution < 1.29 is 9.84 Å². The van der Waals surface area contributed by atoms with Crippen LogP contribution in [0.15, 0.2) is 4.47 Å². The summed E-state index contributed by atoms with van der Waals surface area (Å²) < 4.78 is 8.52. The number of nitrogens with zero attached hydrogens (tertiary/aromatic N) is 3. The van der Waals surface area contributed by atoms with E-state index in [4.69, 9.17) is 4.74 Å². The molecular weight excluding hydrogens is 310 g/mol. The first-order valence-electron chi connectivity index (χ1n) is 6.71. The van der Waals surface area contributed by atoms with Crippen LogP contribution >= 0.6 is 15.9 Å². The van der Waals surface area contributed by atoms with E-state index in [9.17, 15) is 5.11 Å². The van der Waals surface area contributed by atoms with E-state index >= 15 is 0 Å². The number of hydrogen-bond acceptors (Lipinski definition) is 4. The quantitative estimate of drug-likeness (QED) is 0.893. The molecule has 2 unspecified atom stereocenters. The van der Waals surface area contributed by atoms with Gasteiger partial charge in [0.25, 0.3) is 0 Å². The molecule has 2 atom stereocenters. The SMILES string of the molecule is CCc1nn(C)c(CC(O)C2CN(C)CCO2)c1Br. The van der Waals surface area contributed by atoms with Crippen molar-refractivity contribution >= 4 is 15.9 Å². The van der Waals surface area contributed by atoms with Crippen LogP contribution in [-0.2, 0) is 24.6 Å². The van der Waals surface area contributed by atoms with Gasteiger partial charge in [0.05, 0.1) is 34.7 Å². The summed E-state index contributed by atoms with van der Waals surface area (Å²) in [4.78, 5) is 2.19. The van der Waals surface area contributed by atoms with Gasteiger partial charge in [-0.1, -0.05) is 6.92 Å². The lowest BCUT2D eigenvalue weighted by Gasteiger charge is -2.32. The average molecular weight is 332 g/mol. The Balaban J connectivity index is 2.06. The summed E-state index contributed by atoms with van der Waals surface area (Å²) in [5.74, 6) is 0. The highest BCUT2D eigenvalue weighted by Crippen LogP contribution is 2.24. The minimum atomic E-state index is -0.501. The largest absolute Gasteiger partial charge is 0.390 e. The van der Waals surface area contributed by atoms with E-state index in [0.717, 1.165) is 35.4 Å². The zero-order valence-corrected chi connectivity index (χ0v) is 13.4. The van der Waals surface area contributed by atoms with Crippen molar-refractivity contribution in [2.24, 2.45) is 7.05 Å². The molecule has 2 rings (SSSR count). The van der Waals surface area contributed by atoms with Gasteiger partial charge in [-0.25, -0.2) is 0 Å². The normalized spacial score (nSPS) is 22.7. The summed E-state index contributed by atoms with van der Waals surface area (Å²) >= 11 is 3.58. The monoisotopic (exact) mass is 331 g/mol. The van der Waals surface area contributed by atoms with Gasteiger partial charge < -0.3 is 14.7 Å². The lowest BCUT2D eigenvalue weighted by atomic mass is 10.1. The van der Waals surface area contributed by atoms with Gasteiger partial charge in [-0.05, 0) is 29.4 Å². The molecule has 19 heavy (non-hydrogen) atoms. The number of hydrogen-bond donors (Lipinski definition) is 1. The zero-order chi connectivity index (χ0) is 14.0. The number of aliphatic hydroxyl groups excluding tert-OH is 1. The van der Waals surface area contributed by atoms with Crippen molar-refractivity contribution in [3.05, 3.63) is 15.9 Å². The third kappa shape index (κ3) is 3.37. The minimum Gasteiger partial charge on any atom is -0.390 e. The van der Waals surface area contributed by atoms with Crippen molar-refractivity contribution in [1.29, 1.82) is 0 Å². The Morgan fingerprint density at radius 1 is 1.53 bits per heavy atom. The maximum absolute atomic E-state index is 10.4. The van der Waals surface area contributed by atoms with Gasteiger partial charge in [0, 0.05) is 26.6 Å². The standard InChI is InChI=1S/C13H22BrN3O2/c1-4-9-13(14)10(17(3)15-9)7-11(18)12-8-16(2)5-6-19-12/h11-12,18H,4-8H2,1-3H3. The smallest absolute Gasteiger partial charge is 0.0964 e. The molecule has 108 valence electrons. The van der Waals surface area contributed by atoms with Crippen molar-refractivity contribution in [2.45, 2.75) is 32.0 Å². The topological polar surface area (TPSA) is 50.5 Å². The Morgan fingerprint density at radius 2 is 2.26 bits per heavy atom. The molecule has 0 amide bonds. The number of ether oxygens (including phenoxy) is 1. The van der Waals surface area contributed by atoms with Gasteiger partial charge in [0.15, 0.2) is 0 Å². The number of likely N-dealkylation sites (N-methyl/N-ethyl adjacent to an activating group) is 1. The summed E-state index contributed by atoms with van der Waals surface area (Å²) in [6, 6.07) is 0. The van der Waals surface area contributed by atoms with Gasteiger partial charge in [0.1, 0.15) is 0 Å². The molecule has 1 aromatic heterocycles. The average Bonchev–Trinajstić information content (AvgIpc) is 2.66. The summed E-state index contributed by atoms with van der Waals surface area (Å²) in [7, 11) is 3.97. The van der Waals surface area contributed by atoms with E-state index in [-0.39, 0.29) is 6.10 Å². The lowest BCUT2D eigenvalue weighted by Crippen LogP contribution is -2.46. The molecule has 0 radical (unpaired) electrons. The van der Waals surface area contributed by atoms with Crippen LogP contribution in [0, 0.1) is 0 Å². The number of rotatable bonds is 4. The number of aliphatic hydroxyl groups is 1. The Bertz CT molecular complexity index is 436. The number of aryl methyl sites for hydroxylation is 2. The maximum Gasteiger partial charge on any atom is 0.0964 e. The van der Waals surface area contributed by atoms with E-state index in [1.807, 2.05) is 11.7 Å². The molecule has 0 spiro atoms. The highest BCUT2D eigenvalue weighted by atomic mass is 79.9. The number of aromatic nitrogens is 2. The highest BCUT2D eigenvalue weighted by molar-refractivity contribution is 9.10. The molecule has 1 aliphatic heterocycles. The van der Waals surface area contributed by atoms with Gasteiger partial charge in [0.2, 0.25) is 0 Å². The van der Waals surface area contributed by atoms with Crippen LogP contribution in [0.2, 0.25) is 0 Å². The molecule has 0 aliphatic carbocycles. The summed E-state index contributed by atoms with van der Waals surface area (Å²) in [5, 5.41) is 14.8. The predicted octanol–water partition coefficient (Wildman–Crippen LogP) is 0.979. The van der Waals surface area contributed by atoms with E-state index < -0.39 is 6.10 Å². The molecule has 1 fully saturated rings. The van der Waals surface area contributed by atoms with E-state index in [1.165, 1.54) is 0 Å². The first kappa shape index (κ1) is 15.0. The third-order valence-corrected chi connectivity index (χ3v) is 4.55. The molecule has 1 aliphatic rings. The maximum atomic E-state index is 10.4. The first-order valence-corrected chi connectivity index (χ1v) is 7.50. The fourth-order valence-corrected chi connectivity index (χ4v) is 3.19. The van der Waals surface area contributed by atoms with E-state index in [1.54, 1.807) is 0 Å². The predicted molar refractivity (Wildman–Crippen MR) is 77.2 cm³/mol. The second-order valence-corrected chi connectivity index (χ2v) is 5.92. The molecule has 6 heteroatoms. The molecular formula is C13H22BrN3O2. The van der Waals surface area contributed by atoms with Crippen molar-refractivity contribution in [2.75, 3.05) is 26.7 Å². The van der Waals surface area contributed by atoms with Gasteiger partial charge >= 0.3 is 0 Å². The Morgan fingerprint density at radius 3 is 2.84 bits per heavy atom. The van der Waals surface area contributed by atoms with Crippen LogP contribution in [-0.4, -0.2) is 58.7 Å². The highest BCUT2D eigenvalue weighted by Gasteiger charge is 2.27. The molecule has 1 N–H and O–H groups in total. The second-order valence-electron chi connectivity index (χ2n) is 5.13. The second kappa shape index (κ2) is 6.35. The third-order valence-electron chi connectivity index (χ3n) is 3.63. The lowest BCUT2D eigenvalue weighted by molar-refractivity contribution is -0.0827. The Hall–Kier alpha value is -0.430. The minimum absolute atomic E-state index is 0.120. The molecule has 0 aromatic carbocycles. The van der Waals surface area contributed by atoms with Crippen LogP contribution in [0.4, 0.5) is 0 Å². The molecule has 1 saturated heterocycles. The van der Waals surface area contributed by atoms with Crippen molar-refractivity contribution in [3.8, 4) is 0 Å². The molecule has 0 bridgehead atoms. The van der Waals surface area contributed by atoms with Crippen LogP contribution in [0.25, 0.3) is 0 Å². The van der Waals surface area contributed by atoms with Crippen LogP contribution in [0.1, 0.15) is 18.3 Å². The van der Waals surface area contributed by atoms with Gasteiger partial charge in [-0.3, -0.25) is 4.68 Å². The van der Waals surface area contributed by atoms with Gasteiger partial charge in [-0.2, -0.15) is 5.10 Å². The Kier molecular flexibility index (Phi) is 5.00. The van der Waals surface area contributed by atoms with E-state index in [2.05, 4.69) is 39.9 Å². The fraction of sp³-hybridized carbons (Fsp3) is 0.769. The van der Waals surface area contributed by atoms with Crippen molar-refractivity contribution in [3.63, 3.8) is 0 Å². The zero-order valence-electron chi connectivity index (χ0n) is 11.8. The molecule has 1 aromatic rings. The van der Waals surface area contributed by atoms with Crippen LogP contribution < -0.4 is 0 Å². The van der Waals surface area contributed by atoms with E-state index in [0.29, 0.717) is 13.0 Å². The van der Waals surface area contributed by atoms with Gasteiger partial charge in [-0.15, -0.1) is 0 Å². The van der Waals surface area contributed by atoms with Crippen LogP contribution in [0.3, 0.4) is 0 Å². The summed E-state index contributed by atoms with van der Waals surface area (Å²) in [6.07, 6.45) is 0.820. The molecule has 0 saturated carbocycles. The summed E-state index contributed by atoms with van der Waals surface area (Å²) in [6.45, 7) is 4.47. The van der Waals surface area contributed by atoms with Crippen LogP contribution in [0.5, 0.6) is 0 Å². The molecule has 5 nitrogen and oxygen atoms in total. The Labute approximate surface area is 122 Å². The number of halogens is 1. The fourth-order valence-electron chi connectivity index (χ4n) is 2.41. The number of morpholine rings is 1. The molecule has 2 heterocycles. The summed E-state index contributed by atoms with van der Waals surface area (Å²) in [5.41, 5.74) is 2.06.